The van der Waals surface area contributed by atoms with Crippen molar-refractivity contribution in [2.75, 3.05) is 21.6 Å². The number of halogens is 2. The molecule has 0 aliphatic carbocycles. The molecular formula is C16H20Cl2N4O3S3. The molecule has 0 saturated heterocycles. The maximum atomic E-state index is 12.7. The highest BCUT2D eigenvalue weighted by molar-refractivity contribution is 8.01. The average Bonchev–Trinajstić information content (AvgIpc) is 3.02. The summed E-state index contributed by atoms with van der Waals surface area (Å²) < 4.78 is 26.4. The van der Waals surface area contributed by atoms with Crippen LogP contribution < -0.4 is 9.62 Å². The number of aromatic nitrogens is 2. The molecule has 0 spiro atoms. The third-order valence-corrected chi connectivity index (χ3v) is 7.80. The molecule has 1 amide bonds. The van der Waals surface area contributed by atoms with Gasteiger partial charge in [-0.2, -0.15) is 0 Å². The topological polar surface area (TPSA) is 92.3 Å². The van der Waals surface area contributed by atoms with E-state index in [4.69, 9.17) is 23.2 Å². The highest BCUT2D eigenvalue weighted by Crippen LogP contribution is 2.30. The third-order valence-electron chi connectivity index (χ3n) is 3.42. The van der Waals surface area contributed by atoms with Crippen molar-refractivity contribution in [2.24, 2.45) is 5.92 Å². The van der Waals surface area contributed by atoms with Crippen LogP contribution >= 0.6 is 46.3 Å². The minimum Gasteiger partial charge on any atom is -0.299 e. The summed E-state index contributed by atoms with van der Waals surface area (Å²) in [6, 6.07) is 3.33. The third kappa shape index (κ3) is 6.21. The summed E-state index contributed by atoms with van der Waals surface area (Å²) in [4.78, 5) is 12.7. The molecule has 0 aliphatic rings. The van der Waals surface area contributed by atoms with E-state index in [1.54, 1.807) is 11.8 Å². The zero-order chi connectivity index (χ0) is 21.1. The molecule has 0 radical (unpaired) electrons. The largest absolute Gasteiger partial charge is 0.299 e. The summed E-state index contributed by atoms with van der Waals surface area (Å²) in [6.07, 6.45) is 1.02. The summed E-state index contributed by atoms with van der Waals surface area (Å²) in [6.45, 7) is 5.68. The van der Waals surface area contributed by atoms with E-state index >= 15 is 0 Å². The Morgan fingerprint density at radius 2 is 1.93 bits per heavy atom. The van der Waals surface area contributed by atoms with Crippen LogP contribution in [0.4, 0.5) is 10.8 Å². The molecule has 0 saturated carbocycles. The van der Waals surface area contributed by atoms with E-state index in [9.17, 15) is 13.2 Å². The SMILES string of the molecule is CC(C)CSc1nnc(NC(=O)[C@@H](C)N(c2ccc(Cl)c(Cl)c2)S(C)(=O)=O)s1. The van der Waals surface area contributed by atoms with Gasteiger partial charge in [0, 0.05) is 5.75 Å². The molecule has 0 aliphatic heterocycles. The number of hydrogen-bond donors (Lipinski definition) is 1. The van der Waals surface area contributed by atoms with Crippen LogP contribution in [-0.4, -0.2) is 42.6 Å². The first kappa shape index (κ1) is 23.2. The van der Waals surface area contributed by atoms with Gasteiger partial charge in [-0.15, -0.1) is 10.2 Å². The standard InChI is InChI=1S/C16H20Cl2N4O3S3/c1-9(2)8-26-16-21-20-15(27-16)19-14(23)10(3)22(28(4,24)25)11-5-6-12(17)13(18)7-11/h5-7,9-10H,8H2,1-4H3,(H,19,20,23)/t10-/m1/s1. The fourth-order valence-corrected chi connectivity index (χ4v) is 5.39. The minimum atomic E-state index is -3.76. The molecule has 0 bridgehead atoms. The maximum Gasteiger partial charge on any atom is 0.249 e. The fourth-order valence-electron chi connectivity index (χ4n) is 2.20. The Morgan fingerprint density at radius 1 is 1.25 bits per heavy atom. The van der Waals surface area contributed by atoms with Gasteiger partial charge in [0.1, 0.15) is 6.04 Å². The van der Waals surface area contributed by atoms with Gasteiger partial charge in [0.05, 0.1) is 22.0 Å². The van der Waals surface area contributed by atoms with E-state index in [0.29, 0.717) is 11.0 Å². The van der Waals surface area contributed by atoms with Crippen LogP contribution in [0.5, 0.6) is 0 Å². The van der Waals surface area contributed by atoms with Crippen molar-refractivity contribution >= 4 is 73.0 Å². The van der Waals surface area contributed by atoms with Crippen molar-refractivity contribution < 1.29 is 13.2 Å². The van der Waals surface area contributed by atoms with Crippen LogP contribution in [0.25, 0.3) is 0 Å². The normalized spacial score (nSPS) is 12.8. The Hall–Kier alpha value is -1.07. The molecule has 2 rings (SSSR count). The molecule has 1 heterocycles. The second-order valence-corrected chi connectivity index (χ2v) is 11.3. The van der Waals surface area contributed by atoms with Crippen molar-refractivity contribution in [1.29, 1.82) is 0 Å². The van der Waals surface area contributed by atoms with Crippen LogP contribution in [0.2, 0.25) is 10.0 Å². The van der Waals surface area contributed by atoms with Gasteiger partial charge in [-0.25, -0.2) is 8.42 Å². The van der Waals surface area contributed by atoms with E-state index in [0.717, 1.165) is 20.7 Å². The number of benzene rings is 1. The number of rotatable bonds is 8. The first-order chi connectivity index (χ1) is 13.0. The number of amides is 1. The van der Waals surface area contributed by atoms with Crippen LogP contribution in [-0.2, 0) is 14.8 Å². The zero-order valence-corrected chi connectivity index (χ0v) is 19.6. The van der Waals surface area contributed by atoms with Gasteiger partial charge in [-0.05, 0) is 31.0 Å². The molecule has 7 nitrogen and oxygen atoms in total. The summed E-state index contributed by atoms with van der Waals surface area (Å²) >= 11 is 14.7. The van der Waals surface area contributed by atoms with E-state index in [1.165, 1.54) is 36.5 Å². The van der Waals surface area contributed by atoms with Gasteiger partial charge in [0.25, 0.3) is 0 Å². The number of thioether (sulfide) groups is 1. The number of carbonyl (C=O) groups excluding carboxylic acids is 1. The Balaban J connectivity index is 2.19. The predicted octanol–water partition coefficient (Wildman–Crippen LogP) is 4.39. The highest BCUT2D eigenvalue weighted by Gasteiger charge is 2.30. The molecule has 0 unspecified atom stereocenters. The second-order valence-electron chi connectivity index (χ2n) is 6.40. The molecular weight excluding hydrogens is 463 g/mol. The smallest absolute Gasteiger partial charge is 0.249 e. The van der Waals surface area contributed by atoms with Crippen molar-refractivity contribution in [2.45, 2.75) is 31.2 Å². The second kappa shape index (κ2) is 9.62. The van der Waals surface area contributed by atoms with E-state index < -0.39 is 22.0 Å². The Bertz CT molecular complexity index is 950. The monoisotopic (exact) mass is 482 g/mol. The minimum absolute atomic E-state index is 0.191. The highest BCUT2D eigenvalue weighted by atomic mass is 35.5. The summed E-state index contributed by atoms with van der Waals surface area (Å²) in [5.74, 6) is 0.854. The number of sulfonamides is 1. The molecule has 0 fully saturated rings. The van der Waals surface area contributed by atoms with Crippen molar-refractivity contribution in [3.8, 4) is 0 Å². The molecule has 28 heavy (non-hydrogen) atoms. The predicted molar refractivity (Wildman–Crippen MR) is 117 cm³/mol. The van der Waals surface area contributed by atoms with Crippen LogP contribution in [0.1, 0.15) is 20.8 Å². The number of nitrogens with zero attached hydrogens (tertiary/aromatic N) is 3. The number of carbonyl (C=O) groups is 1. The van der Waals surface area contributed by atoms with Crippen LogP contribution in [0.15, 0.2) is 22.5 Å². The fraction of sp³-hybridized carbons (Fsp3) is 0.438. The van der Waals surface area contributed by atoms with E-state index in [1.807, 2.05) is 0 Å². The molecule has 1 N–H and O–H groups in total. The number of hydrogen-bond acceptors (Lipinski definition) is 7. The lowest BCUT2D eigenvalue weighted by atomic mass is 10.2. The quantitative estimate of drug-likeness (QED) is 0.442. The molecule has 1 aromatic heterocycles. The van der Waals surface area contributed by atoms with Gasteiger partial charge < -0.3 is 0 Å². The lowest BCUT2D eigenvalue weighted by Crippen LogP contribution is -2.45. The zero-order valence-electron chi connectivity index (χ0n) is 15.6. The molecule has 1 atom stereocenters. The lowest BCUT2D eigenvalue weighted by Gasteiger charge is -2.28. The van der Waals surface area contributed by atoms with Crippen molar-refractivity contribution in [3.63, 3.8) is 0 Å². The van der Waals surface area contributed by atoms with Gasteiger partial charge in [-0.3, -0.25) is 14.4 Å². The molecule has 2 aromatic rings. The van der Waals surface area contributed by atoms with E-state index in [-0.39, 0.29) is 15.7 Å². The number of nitrogens with one attached hydrogen (secondary N) is 1. The molecule has 1 aromatic carbocycles. The van der Waals surface area contributed by atoms with Crippen molar-refractivity contribution in [3.05, 3.63) is 28.2 Å². The van der Waals surface area contributed by atoms with Crippen molar-refractivity contribution in [1.82, 2.24) is 10.2 Å². The summed E-state index contributed by atoms with van der Waals surface area (Å²) in [5, 5.41) is 11.4. The Kier molecular flexibility index (Phi) is 7.97. The van der Waals surface area contributed by atoms with E-state index in [2.05, 4.69) is 29.4 Å². The van der Waals surface area contributed by atoms with Gasteiger partial charge in [0.15, 0.2) is 4.34 Å². The van der Waals surface area contributed by atoms with Gasteiger partial charge in [0.2, 0.25) is 21.1 Å². The molecule has 12 heteroatoms. The van der Waals surface area contributed by atoms with Gasteiger partial charge in [-0.1, -0.05) is 60.1 Å². The summed E-state index contributed by atoms with van der Waals surface area (Å²) in [7, 11) is -3.76. The molecule has 154 valence electrons. The first-order valence-corrected chi connectivity index (χ1v) is 12.6. The van der Waals surface area contributed by atoms with Crippen LogP contribution in [0.3, 0.4) is 0 Å². The van der Waals surface area contributed by atoms with Gasteiger partial charge >= 0.3 is 0 Å². The summed E-state index contributed by atoms with van der Waals surface area (Å²) in [5.41, 5.74) is 0.241. The Morgan fingerprint density at radius 3 is 2.50 bits per heavy atom. The lowest BCUT2D eigenvalue weighted by molar-refractivity contribution is -0.116. The maximum absolute atomic E-state index is 12.7. The average molecular weight is 483 g/mol. The first-order valence-electron chi connectivity index (χ1n) is 8.20. The number of anilines is 2. The Labute approximate surface area is 182 Å². The van der Waals surface area contributed by atoms with Crippen LogP contribution in [0, 0.1) is 5.92 Å².